The van der Waals surface area contributed by atoms with Crippen LogP contribution < -0.4 is 20.2 Å². The number of benzene rings is 2. The molecular weight excluding hydrogens is 354 g/mol. The van der Waals surface area contributed by atoms with Gasteiger partial charge in [-0.2, -0.15) is 5.10 Å². The summed E-state index contributed by atoms with van der Waals surface area (Å²) < 4.78 is 11.0. The molecule has 0 unspecified atom stereocenters. The number of hydrogen-bond donors (Lipinski definition) is 2. The Hall–Kier alpha value is -2.73. The molecule has 0 atom stereocenters. The van der Waals surface area contributed by atoms with E-state index in [2.05, 4.69) is 15.8 Å². The molecule has 0 spiro atoms. The lowest BCUT2D eigenvalue weighted by molar-refractivity contribution is 0.230. The summed E-state index contributed by atoms with van der Waals surface area (Å²) in [6.45, 7) is 5.72. The third kappa shape index (κ3) is 5.39. The molecular formula is C19H22ClN3O3. The molecule has 2 N–H and O–H groups in total. The number of rotatable bonds is 6. The average molecular weight is 376 g/mol. The van der Waals surface area contributed by atoms with Gasteiger partial charge in [0.2, 0.25) is 0 Å². The van der Waals surface area contributed by atoms with Crippen LogP contribution in [-0.2, 0) is 0 Å². The summed E-state index contributed by atoms with van der Waals surface area (Å²) >= 11 is 6.26. The molecule has 0 bridgehead atoms. The van der Waals surface area contributed by atoms with Gasteiger partial charge in [0, 0.05) is 5.69 Å². The van der Waals surface area contributed by atoms with Crippen LogP contribution in [-0.4, -0.2) is 25.5 Å². The van der Waals surface area contributed by atoms with Crippen LogP contribution in [0.4, 0.5) is 10.5 Å². The second kappa shape index (κ2) is 9.10. The number of halogens is 1. The summed E-state index contributed by atoms with van der Waals surface area (Å²) in [7, 11) is 1.54. The summed E-state index contributed by atoms with van der Waals surface area (Å²) in [4.78, 5) is 11.9. The van der Waals surface area contributed by atoms with E-state index in [-0.39, 0.29) is 6.10 Å². The Labute approximate surface area is 158 Å². The maximum atomic E-state index is 11.9. The number of hydrogen-bond acceptors (Lipinski definition) is 4. The summed E-state index contributed by atoms with van der Waals surface area (Å²) in [6, 6.07) is 10.5. The predicted octanol–water partition coefficient (Wildman–Crippen LogP) is 4.60. The SMILES string of the molecule is COc1cc(C=NNC(=O)Nc2ccccc2C)cc(Cl)c1OC(C)C. The molecule has 0 aliphatic rings. The summed E-state index contributed by atoms with van der Waals surface area (Å²) in [5.74, 6) is 0.976. The van der Waals surface area contributed by atoms with Gasteiger partial charge < -0.3 is 14.8 Å². The molecule has 0 fully saturated rings. The molecule has 0 aliphatic heterocycles. The smallest absolute Gasteiger partial charge is 0.339 e. The van der Waals surface area contributed by atoms with E-state index in [1.165, 1.54) is 13.3 Å². The number of amides is 2. The number of urea groups is 1. The fraction of sp³-hybridized carbons (Fsp3) is 0.263. The van der Waals surface area contributed by atoms with Gasteiger partial charge >= 0.3 is 6.03 Å². The Morgan fingerprint density at radius 3 is 2.65 bits per heavy atom. The first-order valence-corrected chi connectivity index (χ1v) is 8.48. The molecule has 0 saturated heterocycles. The fourth-order valence-corrected chi connectivity index (χ4v) is 2.46. The van der Waals surface area contributed by atoms with Crippen molar-refractivity contribution in [3.8, 4) is 11.5 Å². The number of carbonyl (C=O) groups excluding carboxylic acids is 1. The monoisotopic (exact) mass is 375 g/mol. The molecule has 2 rings (SSSR count). The second-order valence-electron chi connectivity index (χ2n) is 5.84. The Balaban J connectivity index is 2.04. The summed E-state index contributed by atoms with van der Waals surface area (Å²) in [5, 5.41) is 7.07. The van der Waals surface area contributed by atoms with E-state index in [0.29, 0.717) is 22.1 Å². The quantitative estimate of drug-likeness (QED) is 0.572. The van der Waals surface area contributed by atoms with Crippen LogP contribution in [0.2, 0.25) is 5.02 Å². The van der Waals surface area contributed by atoms with Gasteiger partial charge in [-0.1, -0.05) is 29.8 Å². The second-order valence-corrected chi connectivity index (χ2v) is 6.25. The van der Waals surface area contributed by atoms with E-state index in [1.54, 1.807) is 12.1 Å². The van der Waals surface area contributed by atoms with Crippen molar-refractivity contribution in [1.29, 1.82) is 0 Å². The van der Waals surface area contributed by atoms with Crippen molar-refractivity contribution < 1.29 is 14.3 Å². The fourth-order valence-electron chi connectivity index (χ4n) is 2.19. The number of anilines is 1. The van der Waals surface area contributed by atoms with E-state index in [9.17, 15) is 4.79 Å². The number of aryl methyl sites for hydroxylation is 1. The highest BCUT2D eigenvalue weighted by molar-refractivity contribution is 6.32. The van der Waals surface area contributed by atoms with Gasteiger partial charge in [0.25, 0.3) is 0 Å². The number of para-hydroxylation sites is 1. The molecule has 26 heavy (non-hydrogen) atoms. The molecule has 7 heteroatoms. The maximum absolute atomic E-state index is 11.9. The molecule has 0 aromatic heterocycles. The lowest BCUT2D eigenvalue weighted by atomic mass is 10.2. The minimum Gasteiger partial charge on any atom is -0.493 e. The number of carbonyl (C=O) groups is 1. The molecule has 0 aliphatic carbocycles. The Kier molecular flexibility index (Phi) is 6.86. The van der Waals surface area contributed by atoms with E-state index < -0.39 is 6.03 Å². The molecule has 0 saturated carbocycles. The maximum Gasteiger partial charge on any atom is 0.339 e. The number of methoxy groups -OCH3 is 1. The van der Waals surface area contributed by atoms with Gasteiger partial charge in [0.05, 0.1) is 24.5 Å². The Morgan fingerprint density at radius 1 is 1.27 bits per heavy atom. The zero-order chi connectivity index (χ0) is 19.1. The minimum absolute atomic E-state index is 0.0345. The average Bonchev–Trinajstić information content (AvgIpc) is 2.58. The summed E-state index contributed by atoms with van der Waals surface area (Å²) in [6.07, 6.45) is 1.44. The van der Waals surface area contributed by atoms with Gasteiger partial charge in [-0.15, -0.1) is 0 Å². The topological polar surface area (TPSA) is 72.0 Å². The third-order valence-electron chi connectivity index (χ3n) is 3.38. The Bertz CT molecular complexity index is 807. The van der Waals surface area contributed by atoms with Crippen molar-refractivity contribution in [3.05, 3.63) is 52.5 Å². The normalized spacial score (nSPS) is 10.8. The third-order valence-corrected chi connectivity index (χ3v) is 3.66. The van der Waals surface area contributed by atoms with Crippen LogP contribution in [0.1, 0.15) is 25.0 Å². The van der Waals surface area contributed by atoms with Gasteiger partial charge in [0.15, 0.2) is 11.5 Å². The first-order chi connectivity index (χ1) is 12.4. The van der Waals surface area contributed by atoms with Crippen molar-refractivity contribution >= 4 is 29.5 Å². The standard InChI is InChI=1S/C19H22ClN3O3/c1-12(2)26-18-15(20)9-14(10-17(18)25-4)11-21-23-19(24)22-16-8-6-5-7-13(16)3/h5-12H,1-4H3,(H2,22,23,24). The van der Waals surface area contributed by atoms with Crippen LogP contribution in [0.5, 0.6) is 11.5 Å². The minimum atomic E-state index is -0.437. The number of nitrogens with zero attached hydrogens (tertiary/aromatic N) is 1. The van der Waals surface area contributed by atoms with E-state index in [1.807, 2.05) is 45.0 Å². The van der Waals surface area contributed by atoms with Gasteiger partial charge in [0.1, 0.15) is 0 Å². The molecule has 2 aromatic rings. The lowest BCUT2D eigenvalue weighted by Gasteiger charge is -2.15. The molecule has 6 nitrogen and oxygen atoms in total. The van der Waals surface area contributed by atoms with Crippen LogP contribution in [0.3, 0.4) is 0 Å². The highest BCUT2D eigenvalue weighted by atomic mass is 35.5. The van der Waals surface area contributed by atoms with E-state index >= 15 is 0 Å². The van der Waals surface area contributed by atoms with Gasteiger partial charge in [-0.05, 0) is 50.1 Å². The van der Waals surface area contributed by atoms with Gasteiger partial charge in [-0.3, -0.25) is 0 Å². The van der Waals surface area contributed by atoms with Crippen molar-refractivity contribution in [2.24, 2.45) is 5.10 Å². The molecule has 138 valence electrons. The molecule has 0 heterocycles. The number of nitrogens with one attached hydrogen (secondary N) is 2. The largest absolute Gasteiger partial charge is 0.493 e. The van der Waals surface area contributed by atoms with Crippen molar-refractivity contribution in [1.82, 2.24) is 5.43 Å². The van der Waals surface area contributed by atoms with Crippen molar-refractivity contribution in [2.45, 2.75) is 26.9 Å². The lowest BCUT2D eigenvalue weighted by Crippen LogP contribution is -2.24. The van der Waals surface area contributed by atoms with Crippen LogP contribution in [0.15, 0.2) is 41.5 Å². The van der Waals surface area contributed by atoms with Crippen molar-refractivity contribution in [3.63, 3.8) is 0 Å². The first-order valence-electron chi connectivity index (χ1n) is 8.10. The van der Waals surface area contributed by atoms with Gasteiger partial charge in [-0.25, -0.2) is 10.2 Å². The van der Waals surface area contributed by atoms with Crippen molar-refractivity contribution in [2.75, 3.05) is 12.4 Å². The van der Waals surface area contributed by atoms with Crippen LogP contribution in [0, 0.1) is 6.92 Å². The highest BCUT2D eigenvalue weighted by Gasteiger charge is 2.13. The van der Waals surface area contributed by atoms with E-state index in [4.69, 9.17) is 21.1 Å². The highest BCUT2D eigenvalue weighted by Crippen LogP contribution is 2.36. The zero-order valence-corrected chi connectivity index (χ0v) is 15.9. The predicted molar refractivity (Wildman–Crippen MR) is 105 cm³/mol. The first kappa shape index (κ1) is 19.6. The zero-order valence-electron chi connectivity index (χ0n) is 15.2. The van der Waals surface area contributed by atoms with E-state index in [0.717, 1.165) is 11.3 Å². The molecule has 2 amide bonds. The molecule has 0 radical (unpaired) electrons. The summed E-state index contributed by atoms with van der Waals surface area (Å²) in [5.41, 5.74) is 4.76. The van der Waals surface area contributed by atoms with Crippen LogP contribution >= 0.6 is 11.6 Å². The number of ether oxygens (including phenoxy) is 2. The number of hydrazone groups is 1. The molecule has 2 aromatic carbocycles. The Morgan fingerprint density at radius 2 is 2.00 bits per heavy atom. The van der Waals surface area contributed by atoms with Crippen LogP contribution in [0.25, 0.3) is 0 Å².